The van der Waals surface area contributed by atoms with Gasteiger partial charge in [0.1, 0.15) is 0 Å². The van der Waals surface area contributed by atoms with Crippen LogP contribution in [0.4, 0.5) is 5.69 Å². The number of rotatable bonds is 4. The van der Waals surface area contributed by atoms with Gasteiger partial charge in [-0.1, -0.05) is 41.9 Å². The Morgan fingerprint density at radius 3 is 2.58 bits per heavy atom. The number of hydrogen-bond donors (Lipinski definition) is 3. The smallest absolute Gasteiger partial charge is 0.169 e. The Morgan fingerprint density at radius 1 is 1.00 bits per heavy atom. The Hall–Kier alpha value is -2.83. The normalized spacial score (nSPS) is 23.2. The zero-order chi connectivity index (χ0) is 21.2. The minimum Gasteiger partial charge on any atom is -0.365 e. The molecule has 31 heavy (non-hydrogen) atoms. The molecule has 1 aliphatic carbocycles. The summed E-state index contributed by atoms with van der Waals surface area (Å²) in [6.07, 6.45) is 4.16. The lowest BCUT2D eigenvalue weighted by Gasteiger charge is -2.33. The van der Waals surface area contributed by atoms with Crippen molar-refractivity contribution >= 4 is 34.5 Å². The molecular formula is C24H27ClN6. The second-order valence-electron chi connectivity index (χ2n) is 8.28. The van der Waals surface area contributed by atoms with Crippen molar-refractivity contribution in [1.29, 1.82) is 0 Å². The second-order valence-corrected chi connectivity index (χ2v) is 8.72. The van der Waals surface area contributed by atoms with Crippen LogP contribution in [0.15, 0.2) is 70.4 Å². The highest BCUT2D eigenvalue weighted by Gasteiger charge is 2.33. The third kappa shape index (κ3) is 4.31. The van der Waals surface area contributed by atoms with Gasteiger partial charge in [-0.05, 0) is 55.5 Å². The molecule has 2 aromatic carbocycles. The van der Waals surface area contributed by atoms with E-state index in [1.807, 2.05) is 41.4 Å². The lowest BCUT2D eigenvalue weighted by molar-refractivity contribution is 0.371. The van der Waals surface area contributed by atoms with Crippen molar-refractivity contribution in [1.82, 2.24) is 10.3 Å². The summed E-state index contributed by atoms with van der Waals surface area (Å²) in [5, 5.41) is 15.0. The highest BCUT2D eigenvalue weighted by molar-refractivity contribution is 6.33. The molecule has 0 unspecified atom stereocenters. The molecule has 1 saturated carbocycles. The molecule has 6 nitrogen and oxygen atoms in total. The molecular weight excluding hydrogens is 408 g/mol. The van der Waals surface area contributed by atoms with Crippen molar-refractivity contribution in [3.63, 3.8) is 0 Å². The summed E-state index contributed by atoms with van der Waals surface area (Å²) in [6, 6.07) is 18.8. The van der Waals surface area contributed by atoms with E-state index in [-0.39, 0.29) is 0 Å². The SMILES string of the molecule is N[C@H]1CC[C@H](NC2=NN3CCN=C3C(Nc3ccccc3)=C2c2cccc(Cl)c2)CC1. The number of anilines is 1. The first-order valence-corrected chi connectivity index (χ1v) is 11.3. The van der Waals surface area contributed by atoms with E-state index in [1.165, 1.54) is 0 Å². The molecule has 5 rings (SSSR count). The van der Waals surface area contributed by atoms with E-state index in [0.29, 0.717) is 17.1 Å². The summed E-state index contributed by atoms with van der Waals surface area (Å²) in [5.74, 6) is 1.73. The third-order valence-electron chi connectivity index (χ3n) is 6.02. The number of hydrazone groups is 1. The first-order valence-electron chi connectivity index (χ1n) is 10.9. The van der Waals surface area contributed by atoms with Crippen molar-refractivity contribution in [2.45, 2.75) is 37.8 Å². The molecule has 7 heteroatoms. The van der Waals surface area contributed by atoms with Gasteiger partial charge < -0.3 is 16.4 Å². The first-order chi connectivity index (χ1) is 15.2. The number of amidine groups is 2. The number of nitrogens with two attached hydrogens (primary N) is 1. The van der Waals surface area contributed by atoms with Crippen molar-refractivity contribution in [3.8, 4) is 0 Å². The lowest BCUT2D eigenvalue weighted by Crippen LogP contribution is -2.45. The van der Waals surface area contributed by atoms with E-state index in [2.05, 4.69) is 28.8 Å². The Bertz CT molecular complexity index is 1040. The average molecular weight is 435 g/mol. The standard InChI is InChI=1S/C24H27ClN6/c25-17-6-4-5-16(15-17)21-22(28-19-7-2-1-3-8-19)24-27-13-14-31(24)30-23(21)29-20-11-9-18(26)10-12-20/h1-8,15,18,20,28H,9-14,26H2,(H,29,30)/t18-,20-. The van der Waals surface area contributed by atoms with E-state index in [4.69, 9.17) is 27.4 Å². The Kier molecular flexibility index (Phi) is 5.66. The zero-order valence-electron chi connectivity index (χ0n) is 17.4. The molecule has 3 aliphatic rings. The van der Waals surface area contributed by atoms with Crippen LogP contribution >= 0.6 is 11.6 Å². The van der Waals surface area contributed by atoms with Gasteiger partial charge >= 0.3 is 0 Å². The number of fused-ring (bicyclic) bond motifs is 1. The molecule has 0 radical (unpaired) electrons. The zero-order valence-corrected chi connectivity index (χ0v) is 18.1. The van der Waals surface area contributed by atoms with Crippen LogP contribution in [0.25, 0.3) is 5.57 Å². The maximum absolute atomic E-state index is 6.38. The summed E-state index contributed by atoms with van der Waals surface area (Å²) in [7, 11) is 0. The van der Waals surface area contributed by atoms with E-state index < -0.39 is 0 Å². The van der Waals surface area contributed by atoms with Crippen LogP contribution in [0.2, 0.25) is 5.02 Å². The molecule has 2 heterocycles. The maximum atomic E-state index is 6.38. The van der Waals surface area contributed by atoms with Crippen LogP contribution in [0, 0.1) is 0 Å². The minimum absolute atomic E-state index is 0.307. The van der Waals surface area contributed by atoms with Crippen LogP contribution < -0.4 is 16.4 Å². The second kappa shape index (κ2) is 8.73. The molecule has 0 spiro atoms. The van der Waals surface area contributed by atoms with Crippen molar-refractivity contribution in [2.24, 2.45) is 15.8 Å². The van der Waals surface area contributed by atoms with Crippen LogP contribution in [-0.2, 0) is 0 Å². The van der Waals surface area contributed by atoms with Crippen LogP contribution in [0.3, 0.4) is 0 Å². The molecule has 0 bridgehead atoms. The fourth-order valence-corrected chi connectivity index (χ4v) is 4.60. The highest BCUT2D eigenvalue weighted by atomic mass is 35.5. The lowest BCUT2D eigenvalue weighted by atomic mass is 9.91. The Morgan fingerprint density at radius 2 is 1.81 bits per heavy atom. The Balaban J connectivity index is 1.59. The van der Waals surface area contributed by atoms with E-state index in [9.17, 15) is 0 Å². The molecule has 0 aromatic heterocycles. The van der Waals surface area contributed by atoms with Gasteiger partial charge in [0.25, 0.3) is 0 Å². The van der Waals surface area contributed by atoms with Gasteiger partial charge in [0.15, 0.2) is 11.7 Å². The fourth-order valence-electron chi connectivity index (χ4n) is 4.41. The van der Waals surface area contributed by atoms with E-state index in [1.54, 1.807) is 0 Å². The maximum Gasteiger partial charge on any atom is 0.169 e. The largest absolute Gasteiger partial charge is 0.365 e. The monoisotopic (exact) mass is 434 g/mol. The molecule has 2 aromatic rings. The molecule has 160 valence electrons. The summed E-state index contributed by atoms with van der Waals surface area (Å²) in [4.78, 5) is 4.76. The molecule has 4 N–H and O–H groups in total. The predicted molar refractivity (Wildman–Crippen MR) is 128 cm³/mol. The van der Waals surface area contributed by atoms with Crippen molar-refractivity contribution < 1.29 is 0 Å². The van der Waals surface area contributed by atoms with Gasteiger partial charge in [-0.3, -0.25) is 4.99 Å². The Labute approximate surface area is 187 Å². The van der Waals surface area contributed by atoms with Gasteiger partial charge in [0.05, 0.1) is 24.4 Å². The van der Waals surface area contributed by atoms with Crippen LogP contribution in [-0.4, -0.2) is 41.9 Å². The predicted octanol–water partition coefficient (Wildman–Crippen LogP) is 4.06. The van der Waals surface area contributed by atoms with Crippen LogP contribution in [0.1, 0.15) is 31.2 Å². The number of nitrogens with one attached hydrogen (secondary N) is 2. The summed E-state index contributed by atoms with van der Waals surface area (Å²) < 4.78 is 0. The van der Waals surface area contributed by atoms with Crippen LogP contribution in [0.5, 0.6) is 0 Å². The molecule has 2 aliphatic heterocycles. The molecule has 0 atom stereocenters. The average Bonchev–Trinajstić information content (AvgIpc) is 3.25. The van der Waals surface area contributed by atoms with Crippen molar-refractivity contribution in [2.75, 3.05) is 18.4 Å². The third-order valence-corrected chi connectivity index (χ3v) is 6.25. The number of hydrogen-bond acceptors (Lipinski definition) is 6. The summed E-state index contributed by atoms with van der Waals surface area (Å²) >= 11 is 6.38. The summed E-state index contributed by atoms with van der Waals surface area (Å²) in [6.45, 7) is 1.51. The molecule has 1 fully saturated rings. The molecule has 0 amide bonds. The van der Waals surface area contributed by atoms with Gasteiger partial charge in [0.2, 0.25) is 0 Å². The van der Waals surface area contributed by atoms with Gasteiger partial charge in [-0.25, -0.2) is 5.01 Å². The quantitative estimate of drug-likeness (QED) is 0.678. The minimum atomic E-state index is 0.307. The number of aliphatic imine (C=N–C) groups is 1. The molecule has 0 saturated heterocycles. The van der Waals surface area contributed by atoms with Gasteiger partial charge in [-0.2, -0.15) is 5.10 Å². The number of halogens is 1. The van der Waals surface area contributed by atoms with Crippen molar-refractivity contribution in [3.05, 3.63) is 70.9 Å². The summed E-state index contributed by atoms with van der Waals surface area (Å²) in [5.41, 5.74) is 10.1. The van der Waals surface area contributed by atoms with Gasteiger partial charge in [0, 0.05) is 22.8 Å². The fraction of sp³-hybridized carbons (Fsp3) is 0.333. The highest BCUT2D eigenvalue weighted by Crippen LogP contribution is 2.31. The van der Waals surface area contributed by atoms with Gasteiger partial charge in [-0.15, -0.1) is 0 Å². The topological polar surface area (TPSA) is 78.0 Å². The number of benzene rings is 2. The van der Waals surface area contributed by atoms with E-state index >= 15 is 0 Å². The first kappa shape index (κ1) is 20.1. The number of para-hydroxylation sites is 1. The number of nitrogens with zero attached hydrogens (tertiary/aromatic N) is 3. The van der Waals surface area contributed by atoms with E-state index in [0.717, 1.165) is 73.0 Å².